The molecule has 0 heterocycles. The van der Waals surface area contributed by atoms with Crippen LogP contribution in [0, 0.1) is 28.1 Å². The van der Waals surface area contributed by atoms with E-state index < -0.39 is 8.07 Å². The van der Waals surface area contributed by atoms with Crippen LogP contribution >= 0.6 is 0 Å². The highest BCUT2D eigenvalue weighted by Gasteiger charge is 2.26. The van der Waals surface area contributed by atoms with E-state index >= 15 is 0 Å². The Balaban J connectivity index is -0.0000000598. The van der Waals surface area contributed by atoms with Crippen molar-refractivity contribution < 1.29 is 0 Å². The topological polar surface area (TPSA) is 0 Å². The van der Waals surface area contributed by atoms with E-state index in [0.717, 1.165) is 11.8 Å². The molecule has 1 heteroatoms. The van der Waals surface area contributed by atoms with Gasteiger partial charge in [0.05, 0.1) is 0 Å². The minimum Gasteiger partial charge on any atom is -0.0919 e. The van der Waals surface area contributed by atoms with Crippen LogP contribution < -0.4 is 0 Å². The fourth-order valence-corrected chi connectivity index (χ4v) is 0. The van der Waals surface area contributed by atoms with Gasteiger partial charge in [0.2, 0.25) is 0 Å². The lowest BCUT2D eigenvalue weighted by molar-refractivity contribution is 0.157. The highest BCUT2D eigenvalue weighted by atomic mass is 28.3. The molecule has 0 bridgehead atoms. The Kier molecular flexibility index (Phi) is 42.1. The molecule has 0 rings (SSSR count). The zero-order valence-electron chi connectivity index (χ0n) is 32.7. The van der Waals surface area contributed by atoms with Crippen molar-refractivity contribution in [3.8, 4) is 0 Å². The third-order valence-corrected chi connectivity index (χ3v) is 5.42. The summed E-state index contributed by atoms with van der Waals surface area (Å²) in [5.74, 6) is 1.70. The SMILES string of the molecule is C/C=C\C.CC(C)(C)C.CC(C)(C)C(C)(C)C.CC(C)=C(C)C.CC(C)C(C)C.CCCC.C[Si](C)(C)C. The maximum absolute atomic E-state index is 2.33. The zero-order chi connectivity index (χ0) is 33.1. The fourth-order valence-electron chi connectivity index (χ4n) is 0. The van der Waals surface area contributed by atoms with Gasteiger partial charge in [-0.1, -0.05) is 173 Å². The van der Waals surface area contributed by atoms with Crippen molar-refractivity contribution in [1.29, 1.82) is 0 Å². The second-order valence-corrected chi connectivity index (χ2v) is 22.7. The lowest BCUT2D eigenvalue weighted by Crippen LogP contribution is -2.25. The molecular weight excluding hydrogens is 472 g/mol. The first-order chi connectivity index (χ1) is 16.4. The van der Waals surface area contributed by atoms with Crippen molar-refractivity contribution in [1.82, 2.24) is 0 Å². The van der Waals surface area contributed by atoms with Crippen LogP contribution in [0.1, 0.15) is 165 Å². The molecule has 0 aliphatic carbocycles. The van der Waals surface area contributed by atoms with E-state index in [9.17, 15) is 0 Å². The van der Waals surface area contributed by atoms with E-state index in [2.05, 4.69) is 165 Å². The molecule has 0 saturated heterocycles. The van der Waals surface area contributed by atoms with Gasteiger partial charge < -0.3 is 0 Å². The van der Waals surface area contributed by atoms with Crippen LogP contribution in [-0.2, 0) is 0 Å². The van der Waals surface area contributed by atoms with E-state index in [1.165, 1.54) is 24.0 Å². The number of hydrogen-bond donors (Lipinski definition) is 0. The standard InChI is InChI=1S/C8H18.C6H14.C6H12.C5H12.C4H12Si.C4H10.C4H8/c1-7(2,3)8(4,5)6;2*1-5(2)6(3)4;2*1-5(2,3)4;2*1-3-4-2/h1-6H3;5-6H,1-4H3;1-4H3;2*1-4H3;3-4H2,1-2H3;3-4H,1-2H3/b;;;;;;4-3-. The molecule has 0 saturated carbocycles. The summed E-state index contributed by atoms with van der Waals surface area (Å²) in [4.78, 5) is 0. The fraction of sp³-hybridized carbons (Fsp3) is 0.892. The first-order valence-electron chi connectivity index (χ1n) is 15.5. The smallest absolute Gasteiger partial charge is 0.0411 e. The first-order valence-corrected chi connectivity index (χ1v) is 19.5. The van der Waals surface area contributed by atoms with Gasteiger partial charge in [0, 0.05) is 8.07 Å². The molecule has 38 heavy (non-hydrogen) atoms. The molecule has 238 valence electrons. The second kappa shape index (κ2) is 29.7. The Labute approximate surface area is 250 Å². The molecule has 0 fully saturated rings. The zero-order valence-corrected chi connectivity index (χ0v) is 33.7. The van der Waals surface area contributed by atoms with Crippen LogP contribution in [-0.4, -0.2) is 8.07 Å². The van der Waals surface area contributed by atoms with Gasteiger partial charge in [-0.05, 0) is 69.6 Å². The lowest BCUT2D eigenvalue weighted by atomic mass is 9.71. The molecule has 0 aliphatic heterocycles. The predicted molar refractivity (Wildman–Crippen MR) is 194 cm³/mol. The molecular formula is C37H86Si. The minimum absolute atomic E-state index is 0.437. The average molecular weight is 559 g/mol. The normalized spacial score (nSPS) is 10.9. The molecule has 0 aromatic carbocycles. The van der Waals surface area contributed by atoms with Crippen LogP contribution in [0.5, 0.6) is 0 Å². The molecule has 0 unspecified atom stereocenters. The van der Waals surface area contributed by atoms with Gasteiger partial charge >= 0.3 is 0 Å². The molecule has 0 N–H and O–H groups in total. The number of allylic oxidation sites excluding steroid dienone is 4. The third-order valence-electron chi connectivity index (χ3n) is 5.42. The van der Waals surface area contributed by atoms with E-state index in [1.807, 2.05) is 26.0 Å². The van der Waals surface area contributed by atoms with Gasteiger partial charge in [0.1, 0.15) is 0 Å². The summed E-state index contributed by atoms with van der Waals surface area (Å²) in [5.41, 5.74) is 4.23. The summed E-state index contributed by atoms with van der Waals surface area (Å²) in [6.07, 6.45) is 6.64. The number of hydrogen-bond acceptors (Lipinski definition) is 0. The summed E-state index contributed by atoms with van der Waals surface area (Å²) in [7, 11) is -0.611. The van der Waals surface area contributed by atoms with Crippen molar-refractivity contribution >= 4 is 8.07 Å². The summed E-state index contributed by atoms with van der Waals surface area (Å²) in [5, 5.41) is 0. The van der Waals surface area contributed by atoms with Gasteiger partial charge in [-0.25, -0.2) is 0 Å². The van der Waals surface area contributed by atoms with Gasteiger partial charge in [-0.15, -0.1) is 0 Å². The third kappa shape index (κ3) is 123. The molecule has 0 aromatic rings. The largest absolute Gasteiger partial charge is 0.0919 e. The molecule has 0 nitrogen and oxygen atoms in total. The maximum atomic E-state index is 2.33. The van der Waals surface area contributed by atoms with Crippen LogP contribution in [0.25, 0.3) is 0 Å². The van der Waals surface area contributed by atoms with Gasteiger partial charge in [0.25, 0.3) is 0 Å². The Morgan fingerprint density at radius 3 is 0.658 bits per heavy atom. The Morgan fingerprint density at radius 2 is 0.658 bits per heavy atom. The minimum atomic E-state index is -0.611. The highest BCUT2D eigenvalue weighted by molar-refractivity contribution is 6.74. The average Bonchev–Trinajstić information content (AvgIpc) is 2.65. The van der Waals surface area contributed by atoms with Gasteiger partial charge in [-0.2, -0.15) is 0 Å². The van der Waals surface area contributed by atoms with E-state index in [-0.39, 0.29) is 0 Å². The van der Waals surface area contributed by atoms with Crippen LogP contribution in [0.2, 0.25) is 26.2 Å². The van der Waals surface area contributed by atoms with E-state index in [4.69, 9.17) is 0 Å². The van der Waals surface area contributed by atoms with E-state index in [1.54, 1.807) is 0 Å². The summed E-state index contributed by atoms with van der Waals surface area (Å²) in [6, 6.07) is 0. The summed E-state index contributed by atoms with van der Waals surface area (Å²) in [6.45, 7) is 57.5. The molecule has 0 aromatic heterocycles. The van der Waals surface area contributed by atoms with Crippen LogP contribution in [0.15, 0.2) is 23.3 Å². The van der Waals surface area contributed by atoms with Crippen molar-refractivity contribution in [2.45, 2.75) is 191 Å². The van der Waals surface area contributed by atoms with Crippen molar-refractivity contribution in [2.24, 2.45) is 28.1 Å². The van der Waals surface area contributed by atoms with Gasteiger partial charge in [-0.3, -0.25) is 0 Å². The highest BCUT2D eigenvalue weighted by Crippen LogP contribution is 2.36. The second-order valence-electron chi connectivity index (χ2n) is 16.7. The maximum Gasteiger partial charge on any atom is 0.0411 e. The summed E-state index contributed by atoms with van der Waals surface area (Å²) < 4.78 is 0. The number of rotatable bonds is 2. The van der Waals surface area contributed by atoms with Crippen molar-refractivity contribution in [3.05, 3.63) is 23.3 Å². The Bertz CT molecular complexity index is 423. The molecule has 0 aliphatic rings. The quantitative estimate of drug-likeness (QED) is 0.233. The molecule has 0 radical (unpaired) electrons. The number of unbranched alkanes of at least 4 members (excludes halogenated alkanes) is 1. The summed E-state index contributed by atoms with van der Waals surface area (Å²) >= 11 is 0. The van der Waals surface area contributed by atoms with Crippen LogP contribution in [0.3, 0.4) is 0 Å². The van der Waals surface area contributed by atoms with E-state index in [0.29, 0.717) is 16.2 Å². The van der Waals surface area contributed by atoms with Crippen LogP contribution in [0.4, 0.5) is 0 Å². The predicted octanol–water partition coefficient (Wildman–Crippen LogP) is 15.1. The molecule has 0 atom stereocenters. The monoisotopic (exact) mass is 559 g/mol. The lowest BCUT2D eigenvalue weighted by Gasteiger charge is -2.34. The first kappa shape index (κ1) is 53.9. The molecule has 0 amide bonds. The van der Waals surface area contributed by atoms with Crippen molar-refractivity contribution in [3.63, 3.8) is 0 Å². The van der Waals surface area contributed by atoms with Gasteiger partial charge in [0.15, 0.2) is 0 Å². The Morgan fingerprint density at radius 1 is 0.526 bits per heavy atom. The molecule has 0 spiro atoms. The van der Waals surface area contributed by atoms with Crippen molar-refractivity contribution in [2.75, 3.05) is 0 Å². The Hall–Kier alpha value is -0.303.